The van der Waals surface area contributed by atoms with Gasteiger partial charge in [-0.15, -0.1) is 0 Å². The molecule has 1 N–H and O–H groups in total. The van der Waals surface area contributed by atoms with Gasteiger partial charge in [0.2, 0.25) is 0 Å². The summed E-state index contributed by atoms with van der Waals surface area (Å²) in [6.45, 7) is 5.74. The van der Waals surface area contributed by atoms with Crippen LogP contribution >= 0.6 is 23.2 Å². The molecule has 0 bridgehead atoms. The van der Waals surface area contributed by atoms with Gasteiger partial charge >= 0.3 is 0 Å². The van der Waals surface area contributed by atoms with Gasteiger partial charge in [-0.05, 0) is 61.8 Å². The minimum absolute atomic E-state index is 0.391. The van der Waals surface area contributed by atoms with Gasteiger partial charge in [0.05, 0.1) is 10.0 Å². The molecule has 1 aliphatic carbocycles. The van der Waals surface area contributed by atoms with Crippen molar-refractivity contribution < 1.29 is 0 Å². The van der Waals surface area contributed by atoms with Crippen molar-refractivity contribution in [3.05, 3.63) is 33.8 Å². The maximum absolute atomic E-state index is 6.10. The van der Waals surface area contributed by atoms with Gasteiger partial charge in [0.1, 0.15) is 0 Å². The second-order valence-corrected chi connectivity index (χ2v) is 6.94. The van der Waals surface area contributed by atoms with Gasteiger partial charge in [0, 0.05) is 6.04 Å². The predicted molar refractivity (Wildman–Crippen MR) is 84.2 cm³/mol. The van der Waals surface area contributed by atoms with Crippen LogP contribution in [-0.4, -0.2) is 12.6 Å². The average molecular weight is 300 g/mol. The molecule has 2 rings (SSSR count). The molecule has 0 heterocycles. The lowest BCUT2D eigenvalue weighted by Crippen LogP contribution is -2.28. The van der Waals surface area contributed by atoms with E-state index in [1.54, 1.807) is 0 Å². The van der Waals surface area contributed by atoms with E-state index in [0.717, 1.165) is 13.0 Å². The van der Waals surface area contributed by atoms with Gasteiger partial charge in [0.25, 0.3) is 0 Å². The highest BCUT2D eigenvalue weighted by molar-refractivity contribution is 6.42. The van der Waals surface area contributed by atoms with E-state index in [0.29, 0.717) is 21.5 Å². The zero-order chi connectivity index (χ0) is 13.9. The van der Waals surface area contributed by atoms with Crippen LogP contribution in [0.15, 0.2) is 18.2 Å². The average Bonchev–Trinajstić information content (AvgIpc) is 2.73. The molecular formula is C16H23Cl2N. The van der Waals surface area contributed by atoms with Gasteiger partial charge in [-0.3, -0.25) is 0 Å². The van der Waals surface area contributed by atoms with Crippen LogP contribution in [0.4, 0.5) is 0 Å². The van der Waals surface area contributed by atoms with Gasteiger partial charge in [-0.1, -0.05) is 43.1 Å². The summed E-state index contributed by atoms with van der Waals surface area (Å²) >= 11 is 12.1. The lowest BCUT2D eigenvalue weighted by Gasteiger charge is -2.24. The molecule has 1 fully saturated rings. The third-order valence-electron chi connectivity index (χ3n) is 4.13. The molecule has 0 amide bonds. The minimum Gasteiger partial charge on any atom is -0.314 e. The Morgan fingerprint density at radius 1 is 1.32 bits per heavy atom. The molecule has 1 aromatic rings. The maximum Gasteiger partial charge on any atom is 0.0595 e. The van der Waals surface area contributed by atoms with E-state index in [9.17, 15) is 0 Å². The van der Waals surface area contributed by atoms with E-state index in [1.807, 2.05) is 12.1 Å². The maximum atomic E-state index is 6.10. The Hall–Kier alpha value is -0.240. The number of benzene rings is 1. The van der Waals surface area contributed by atoms with Gasteiger partial charge in [-0.25, -0.2) is 0 Å². The summed E-state index contributed by atoms with van der Waals surface area (Å²) in [4.78, 5) is 0. The Morgan fingerprint density at radius 3 is 2.79 bits per heavy atom. The van der Waals surface area contributed by atoms with Crippen molar-refractivity contribution in [3.63, 3.8) is 0 Å². The van der Waals surface area contributed by atoms with Crippen LogP contribution in [0.1, 0.15) is 45.1 Å². The van der Waals surface area contributed by atoms with E-state index in [2.05, 4.69) is 25.2 Å². The van der Waals surface area contributed by atoms with Crippen molar-refractivity contribution in [3.8, 4) is 0 Å². The monoisotopic (exact) mass is 299 g/mol. The molecule has 2 atom stereocenters. The minimum atomic E-state index is 0.391. The van der Waals surface area contributed by atoms with Gasteiger partial charge < -0.3 is 5.32 Å². The lowest BCUT2D eigenvalue weighted by molar-refractivity contribution is 0.322. The summed E-state index contributed by atoms with van der Waals surface area (Å²) in [5, 5.41) is 4.96. The fourth-order valence-corrected chi connectivity index (χ4v) is 3.47. The molecule has 1 nitrogen and oxygen atoms in total. The van der Waals surface area contributed by atoms with Crippen LogP contribution in [0.2, 0.25) is 10.0 Å². The molecule has 1 aromatic carbocycles. The fraction of sp³-hybridized carbons (Fsp3) is 0.625. The van der Waals surface area contributed by atoms with Gasteiger partial charge in [-0.2, -0.15) is 0 Å². The Kier molecular flexibility index (Phi) is 5.16. The standard InChI is InChI=1S/C16H23Cl2N/c1-3-8-19-13-6-7-16(2,11-13)10-12-4-5-14(17)15(18)9-12/h4-5,9,13,19H,3,6-8,10-11H2,1-2H3. The highest BCUT2D eigenvalue weighted by Crippen LogP contribution is 2.41. The Bertz CT molecular complexity index is 433. The fourth-order valence-electron chi connectivity index (χ4n) is 3.15. The molecule has 0 aromatic heterocycles. The molecule has 0 spiro atoms. The van der Waals surface area contributed by atoms with Crippen LogP contribution in [0, 0.1) is 5.41 Å². The van der Waals surface area contributed by atoms with Crippen LogP contribution in [0.3, 0.4) is 0 Å². The van der Waals surface area contributed by atoms with Crippen LogP contribution in [-0.2, 0) is 6.42 Å². The molecule has 19 heavy (non-hydrogen) atoms. The SMILES string of the molecule is CCCNC1CCC(C)(Cc2ccc(Cl)c(Cl)c2)C1. The summed E-state index contributed by atoms with van der Waals surface area (Å²) in [5.74, 6) is 0. The first-order valence-corrected chi connectivity index (χ1v) is 7.95. The third kappa shape index (κ3) is 4.11. The van der Waals surface area contributed by atoms with Crippen molar-refractivity contribution >= 4 is 23.2 Å². The van der Waals surface area contributed by atoms with Crippen LogP contribution in [0.25, 0.3) is 0 Å². The molecule has 0 saturated heterocycles. The van der Waals surface area contributed by atoms with Crippen LogP contribution in [0.5, 0.6) is 0 Å². The third-order valence-corrected chi connectivity index (χ3v) is 4.87. The number of nitrogens with one attached hydrogen (secondary N) is 1. The highest BCUT2D eigenvalue weighted by atomic mass is 35.5. The topological polar surface area (TPSA) is 12.0 Å². The smallest absolute Gasteiger partial charge is 0.0595 e. The number of rotatable bonds is 5. The number of hydrogen-bond donors (Lipinski definition) is 1. The Morgan fingerprint density at radius 2 is 2.11 bits per heavy atom. The second kappa shape index (κ2) is 6.47. The molecular weight excluding hydrogens is 277 g/mol. The summed E-state index contributed by atoms with van der Waals surface area (Å²) in [7, 11) is 0. The van der Waals surface area contributed by atoms with Crippen LogP contribution < -0.4 is 5.32 Å². The quantitative estimate of drug-likeness (QED) is 0.798. The van der Waals surface area contributed by atoms with Crippen molar-refractivity contribution in [1.29, 1.82) is 0 Å². The first kappa shape index (κ1) is 15.2. The zero-order valence-corrected chi connectivity index (χ0v) is 13.3. The number of hydrogen-bond acceptors (Lipinski definition) is 1. The Balaban J connectivity index is 1.96. The molecule has 2 unspecified atom stereocenters. The first-order chi connectivity index (χ1) is 9.02. The molecule has 0 radical (unpaired) electrons. The van der Waals surface area contributed by atoms with E-state index in [4.69, 9.17) is 23.2 Å². The number of halogens is 2. The normalized spacial score (nSPS) is 26.8. The summed E-state index contributed by atoms with van der Waals surface area (Å²) in [5.41, 5.74) is 1.69. The molecule has 1 aliphatic rings. The predicted octanol–water partition coefficient (Wildman–Crippen LogP) is 5.09. The first-order valence-electron chi connectivity index (χ1n) is 7.20. The molecule has 0 aliphatic heterocycles. The molecule has 3 heteroatoms. The van der Waals surface area contributed by atoms with Crippen molar-refractivity contribution in [2.45, 2.75) is 52.0 Å². The van der Waals surface area contributed by atoms with Crippen molar-refractivity contribution in [2.24, 2.45) is 5.41 Å². The molecule has 106 valence electrons. The summed E-state index contributed by atoms with van der Waals surface area (Å²) < 4.78 is 0. The second-order valence-electron chi connectivity index (χ2n) is 6.13. The Labute approximate surface area is 126 Å². The van der Waals surface area contributed by atoms with E-state index < -0.39 is 0 Å². The summed E-state index contributed by atoms with van der Waals surface area (Å²) in [6.07, 6.45) is 6.13. The highest BCUT2D eigenvalue weighted by Gasteiger charge is 2.34. The van der Waals surface area contributed by atoms with E-state index in [-0.39, 0.29) is 0 Å². The van der Waals surface area contributed by atoms with Gasteiger partial charge in [0.15, 0.2) is 0 Å². The largest absolute Gasteiger partial charge is 0.314 e. The molecule has 1 saturated carbocycles. The lowest BCUT2D eigenvalue weighted by atomic mass is 9.82. The van der Waals surface area contributed by atoms with Crippen molar-refractivity contribution in [2.75, 3.05) is 6.54 Å². The van der Waals surface area contributed by atoms with E-state index in [1.165, 1.54) is 31.2 Å². The van der Waals surface area contributed by atoms with Crippen molar-refractivity contribution in [1.82, 2.24) is 5.32 Å². The summed E-state index contributed by atoms with van der Waals surface area (Å²) in [6, 6.07) is 6.71. The van der Waals surface area contributed by atoms with E-state index >= 15 is 0 Å². The zero-order valence-electron chi connectivity index (χ0n) is 11.8.